The number of aryl methyl sites for hydroxylation is 2. The van der Waals surface area contributed by atoms with Crippen molar-refractivity contribution in [1.82, 2.24) is 14.9 Å². The van der Waals surface area contributed by atoms with E-state index in [2.05, 4.69) is 45.2 Å². The molecule has 1 aromatic heterocycles. The summed E-state index contributed by atoms with van der Waals surface area (Å²) in [5.74, 6) is 2.65. The summed E-state index contributed by atoms with van der Waals surface area (Å²) < 4.78 is 0. The molecule has 0 aliphatic carbocycles. The van der Waals surface area contributed by atoms with Gasteiger partial charge in [0.1, 0.15) is 11.6 Å². The lowest BCUT2D eigenvalue weighted by molar-refractivity contribution is -0.133. The first-order valence-electron chi connectivity index (χ1n) is 10.0. The number of benzene rings is 1. The topological polar surface area (TPSA) is 49.3 Å². The monoisotopic (exact) mass is 364 g/mol. The van der Waals surface area contributed by atoms with Gasteiger partial charge in [0.05, 0.1) is 0 Å². The van der Waals surface area contributed by atoms with E-state index in [1.54, 1.807) is 0 Å². The summed E-state index contributed by atoms with van der Waals surface area (Å²) >= 11 is 0. The first-order valence-corrected chi connectivity index (χ1v) is 10.0. The highest BCUT2D eigenvalue weighted by atomic mass is 16.2. The Morgan fingerprint density at radius 1 is 1.07 bits per heavy atom. The van der Waals surface area contributed by atoms with Crippen molar-refractivity contribution in [1.29, 1.82) is 0 Å². The third-order valence-electron chi connectivity index (χ3n) is 5.84. The summed E-state index contributed by atoms with van der Waals surface area (Å²) in [5, 5.41) is 0. The average Bonchev–Trinajstić information content (AvgIpc) is 2.67. The van der Waals surface area contributed by atoms with Crippen LogP contribution in [0.4, 0.5) is 5.82 Å². The summed E-state index contributed by atoms with van der Waals surface area (Å²) in [6.07, 6.45) is 3.77. The molecule has 1 aromatic carbocycles. The SMILES string of the molecule is Cc1cc(N2CCC(CC(=O)N3CCc4ccccc4C3)CC2)nc(C)n1. The van der Waals surface area contributed by atoms with Crippen LogP contribution in [0, 0.1) is 19.8 Å². The molecule has 1 amide bonds. The van der Waals surface area contributed by atoms with Gasteiger partial charge in [-0.15, -0.1) is 0 Å². The Kier molecular flexibility index (Phi) is 5.10. The Hall–Kier alpha value is -2.43. The van der Waals surface area contributed by atoms with E-state index in [0.717, 1.165) is 62.8 Å². The molecule has 0 bridgehead atoms. The highest BCUT2D eigenvalue weighted by molar-refractivity contribution is 5.76. The predicted octanol–water partition coefficient (Wildman–Crippen LogP) is 3.28. The predicted molar refractivity (Wildman–Crippen MR) is 107 cm³/mol. The molecule has 4 rings (SSSR count). The van der Waals surface area contributed by atoms with Crippen molar-refractivity contribution in [2.24, 2.45) is 5.92 Å². The maximum Gasteiger partial charge on any atom is 0.223 e. The number of nitrogens with zero attached hydrogens (tertiary/aromatic N) is 4. The van der Waals surface area contributed by atoms with Crippen LogP contribution in [-0.2, 0) is 17.8 Å². The van der Waals surface area contributed by atoms with Crippen molar-refractivity contribution in [2.75, 3.05) is 24.5 Å². The third kappa shape index (κ3) is 4.12. The molecule has 0 atom stereocenters. The molecule has 0 unspecified atom stereocenters. The van der Waals surface area contributed by atoms with Crippen LogP contribution in [0.5, 0.6) is 0 Å². The first kappa shape index (κ1) is 18.0. The van der Waals surface area contributed by atoms with Gasteiger partial charge in [-0.1, -0.05) is 24.3 Å². The number of piperidine rings is 1. The molecule has 1 saturated heterocycles. The standard InChI is InChI=1S/C22H28N4O/c1-16-13-21(24-17(2)23-16)25-10-7-18(8-11-25)14-22(27)26-12-9-19-5-3-4-6-20(19)15-26/h3-6,13,18H,7-12,14-15H2,1-2H3. The Balaban J connectivity index is 1.31. The molecule has 3 heterocycles. The minimum absolute atomic E-state index is 0.316. The Labute approximate surface area is 161 Å². The average molecular weight is 364 g/mol. The highest BCUT2D eigenvalue weighted by Gasteiger charge is 2.26. The number of hydrogen-bond acceptors (Lipinski definition) is 4. The summed E-state index contributed by atoms with van der Waals surface area (Å²) in [7, 11) is 0. The van der Waals surface area contributed by atoms with Gasteiger partial charge in [0.2, 0.25) is 5.91 Å². The van der Waals surface area contributed by atoms with Gasteiger partial charge < -0.3 is 9.80 Å². The summed E-state index contributed by atoms with van der Waals surface area (Å²) in [6, 6.07) is 10.6. The van der Waals surface area contributed by atoms with Crippen LogP contribution in [0.1, 0.15) is 41.9 Å². The van der Waals surface area contributed by atoms with Crippen molar-refractivity contribution >= 4 is 11.7 Å². The Morgan fingerprint density at radius 3 is 2.56 bits per heavy atom. The van der Waals surface area contributed by atoms with Gasteiger partial charge in [0, 0.05) is 44.4 Å². The van der Waals surface area contributed by atoms with E-state index in [9.17, 15) is 4.79 Å². The third-order valence-corrected chi connectivity index (χ3v) is 5.84. The number of anilines is 1. The van der Waals surface area contributed by atoms with Crippen molar-refractivity contribution in [2.45, 2.75) is 46.1 Å². The van der Waals surface area contributed by atoms with Gasteiger partial charge in [0.15, 0.2) is 0 Å². The van der Waals surface area contributed by atoms with Gasteiger partial charge in [0.25, 0.3) is 0 Å². The number of amides is 1. The number of carbonyl (C=O) groups is 1. The second kappa shape index (κ2) is 7.67. The maximum atomic E-state index is 12.8. The fourth-order valence-corrected chi connectivity index (χ4v) is 4.31. The number of carbonyl (C=O) groups excluding carboxylic acids is 1. The van der Waals surface area contributed by atoms with Crippen molar-refractivity contribution in [3.05, 3.63) is 53.0 Å². The molecule has 0 N–H and O–H groups in total. The van der Waals surface area contributed by atoms with Crippen molar-refractivity contribution < 1.29 is 4.79 Å². The fraction of sp³-hybridized carbons (Fsp3) is 0.500. The van der Waals surface area contributed by atoms with E-state index in [1.807, 2.05) is 18.7 Å². The summed E-state index contributed by atoms with van der Waals surface area (Å²) in [4.78, 5) is 26.1. The zero-order valence-electron chi connectivity index (χ0n) is 16.3. The lowest BCUT2D eigenvalue weighted by Gasteiger charge is -2.34. The smallest absolute Gasteiger partial charge is 0.223 e. The quantitative estimate of drug-likeness (QED) is 0.839. The van der Waals surface area contributed by atoms with Crippen LogP contribution >= 0.6 is 0 Å². The molecule has 2 aliphatic heterocycles. The largest absolute Gasteiger partial charge is 0.356 e. The first-order chi connectivity index (χ1) is 13.1. The lowest BCUT2D eigenvalue weighted by Crippen LogP contribution is -2.39. The van der Waals surface area contributed by atoms with Crippen LogP contribution in [0.25, 0.3) is 0 Å². The van der Waals surface area contributed by atoms with Crippen LogP contribution < -0.4 is 4.90 Å². The zero-order chi connectivity index (χ0) is 18.8. The number of aromatic nitrogens is 2. The van der Waals surface area contributed by atoms with Gasteiger partial charge in [-0.25, -0.2) is 9.97 Å². The van der Waals surface area contributed by atoms with E-state index in [-0.39, 0.29) is 0 Å². The van der Waals surface area contributed by atoms with Crippen LogP contribution in [0.15, 0.2) is 30.3 Å². The molecule has 142 valence electrons. The summed E-state index contributed by atoms with van der Waals surface area (Å²) in [5.41, 5.74) is 3.71. The second-order valence-corrected chi connectivity index (χ2v) is 7.88. The Morgan fingerprint density at radius 2 is 1.81 bits per heavy atom. The molecule has 27 heavy (non-hydrogen) atoms. The fourth-order valence-electron chi connectivity index (χ4n) is 4.31. The molecule has 5 nitrogen and oxygen atoms in total. The number of rotatable bonds is 3. The Bertz CT molecular complexity index is 807. The van der Waals surface area contributed by atoms with Crippen molar-refractivity contribution in [3.63, 3.8) is 0 Å². The van der Waals surface area contributed by atoms with E-state index in [4.69, 9.17) is 0 Å². The van der Waals surface area contributed by atoms with E-state index in [0.29, 0.717) is 18.2 Å². The highest BCUT2D eigenvalue weighted by Crippen LogP contribution is 2.26. The summed E-state index contributed by atoms with van der Waals surface area (Å²) in [6.45, 7) is 7.52. The molecule has 0 radical (unpaired) electrons. The van der Waals surface area contributed by atoms with Gasteiger partial charge in [-0.05, 0) is 50.2 Å². The minimum atomic E-state index is 0.316. The molecule has 0 spiro atoms. The normalized spacial score (nSPS) is 17.7. The molecule has 2 aromatic rings. The molecular formula is C22H28N4O. The second-order valence-electron chi connectivity index (χ2n) is 7.88. The molecule has 1 fully saturated rings. The lowest BCUT2D eigenvalue weighted by atomic mass is 9.92. The number of hydrogen-bond donors (Lipinski definition) is 0. The molecule has 0 saturated carbocycles. The van der Waals surface area contributed by atoms with Crippen molar-refractivity contribution in [3.8, 4) is 0 Å². The van der Waals surface area contributed by atoms with Gasteiger partial charge in [-0.2, -0.15) is 0 Å². The van der Waals surface area contributed by atoms with Gasteiger partial charge >= 0.3 is 0 Å². The van der Waals surface area contributed by atoms with E-state index < -0.39 is 0 Å². The van der Waals surface area contributed by atoms with Crippen LogP contribution in [0.3, 0.4) is 0 Å². The van der Waals surface area contributed by atoms with Gasteiger partial charge in [-0.3, -0.25) is 4.79 Å². The molecular weight excluding hydrogens is 336 g/mol. The molecule has 2 aliphatic rings. The van der Waals surface area contributed by atoms with E-state index >= 15 is 0 Å². The maximum absolute atomic E-state index is 12.8. The van der Waals surface area contributed by atoms with E-state index in [1.165, 1.54) is 11.1 Å². The van der Waals surface area contributed by atoms with Crippen LogP contribution in [0.2, 0.25) is 0 Å². The number of fused-ring (bicyclic) bond motifs is 1. The molecule has 5 heteroatoms. The minimum Gasteiger partial charge on any atom is -0.356 e. The van der Waals surface area contributed by atoms with Crippen LogP contribution in [-0.4, -0.2) is 40.4 Å². The zero-order valence-corrected chi connectivity index (χ0v) is 16.3.